The highest BCUT2D eigenvalue weighted by Crippen LogP contribution is 2.29. The summed E-state index contributed by atoms with van der Waals surface area (Å²) in [5.41, 5.74) is 6.82. The molecule has 1 fully saturated rings. The van der Waals surface area contributed by atoms with Crippen molar-refractivity contribution >= 4 is 11.3 Å². The minimum Gasteiger partial charge on any atom is -0.379 e. The Morgan fingerprint density at radius 2 is 2.11 bits per heavy atom. The van der Waals surface area contributed by atoms with Crippen LogP contribution < -0.4 is 5.73 Å². The number of methoxy groups -OCH3 is 1. The lowest BCUT2D eigenvalue weighted by molar-refractivity contribution is 0.0341. The summed E-state index contributed by atoms with van der Waals surface area (Å²) < 4.78 is 10.6. The van der Waals surface area contributed by atoms with E-state index >= 15 is 0 Å². The van der Waals surface area contributed by atoms with Gasteiger partial charge in [0.05, 0.1) is 32.1 Å². The standard InChI is InChI=1S/C13H23N3O2S/c1-13(2,14)12-10(9-17-3)15-11(19-12)8-16-4-6-18-7-5-16/h4-9,14H2,1-3H3. The number of ether oxygens (including phenoxy) is 2. The fourth-order valence-electron chi connectivity index (χ4n) is 2.16. The highest BCUT2D eigenvalue weighted by molar-refractivity contribution is 7.11. The fourth-order valence-corrected chi connectivity index (χ4v) is 3.28. The molecule has 1 saturated heterocycles. The van der Waals surface area contributed by atoms with Crippen LogP contribution in [0.4, 0.5) is 0 Å². The number of nitrogens with zero attached hydrogens (tertiary/aromatic N) is 2. The van der Waals surface area contributed by atoms with Crippen LogP contribution >= 0.6 is 11.3 Å². The summed E-state index contributed by atoms with van der Waals surface area (Å²) >= 11 is 1.70. The number of thiazole rings is 1. The van der Waals surface area contributed by atoms with E-state index in [0.29, 0.717) is 6.61 Å². The number of rotatable bonds is 5. The third-order valence-corrected chi connectivity index (χ3v) is 4.49. The van der Waals surface area contributed by atoms with Crippen molar-refractivity contribution in [1.29, 1.82) is 0 Å². The molecule has 5 nitrogen and oxygen atoms in total. The normalized spacial score (nSPS) is 17.9. The first-order valence-corrected chi connectivity index (χ1v) is 7.39. The third-order valence-electron chi connectivity index (χ3n) is 3.07. The molecule has 0 amide bonds. The van der Waals surface area contributed by atoms with Gasteiger partial charge in [-0.3, -0.25) is 4.90 Å². The molecule has 1 aliphatic heterocycles. The molecule has 19 heavy (non-hydrogen) atoms. The quantitative estimate of drug-likeness (QED) is 0.884. The summed E-state index contributed by atoms with van der Waals surface area (Å²) in [4.78, 5) is 8.18. The summed E-state index contributed by atoms with van der Waals surface area (Å²) in [5, 5.41) is 1.11. The summed E-state index contributed by atoms with van der Waals surface area (Å²) in [6, 6.07) is 0. The number of aromatic nitrogens is 1. The number of morpholine rings is 1. The molecule has 2 rings (SSSR count). The van der Waals surface area contributed by atoms with E-state index in [0.717, 1.165) is 48.4 Å². The number of hydrogen-bond acceptors (Lipinski definition) is 6. The molecule has 0 unspecified atom stereocenters. The van der Waals surface area contributed by atoms with Gasteiger partial charge in [-0.1, -0.05) is 0 Å². The first kappa shape index (κ1) is 14.9. The lowest BCUT2D eigenvalue weighted by Crippen LogP contribution is -2.35. The zero-order chi connectivity index (χ0) is 13.9. The van der Waals surface area contributed by atoms with Gasteiger partial charge in [0.15, 0.2) is 0 Å². The molecule has 2 N–H and O–H groups in total. The maximum absolute atomic E-state index is 6.22. The molecule has 0 radical (unpaired) electrons. The van der Waals surface area contributed by atoms with Crippen molar-refractivity contribution in [2.45, 2.75) is 32.5 Å². The van der Waals surface area contributed by atoms with Crippen LogP contribution in [0.5, 0.6) is 0 Å². The van der Waals surface area contributed by atoms with E-state index < -0.39 is 0 Å². The van der Waals surface area contributed by atoms with Crippen LogP contribution in [0.1, 0.15) is 29.4 Å². The summed E-state index contributed by atoms with van der Waals surface area (Å²) in [6.45, 7) is 8.99. The van der Waals surface area contributed by atoms with E-state index in [-0.39, 0.29) is 5.54 Å². The lowest BCUT2D eigenvalue weighted by Gasteiger charge is -2.25. The van der Waals surface area contributed by atoms with Crippen LogP contribution in [-0.2, 0) is 28.2 Å². The van der Waals surface area contributed by atoms with Crippen molar-refractivity contribution in [1.82, 2.24) is 9.88 Å². The minimum absolute atomic E-state index is 0.366. The predicted molar refractivity (Wildman–Crippen MR) is 76.1 cm³/mol. The lowest BCUT2D eigenvalue weighted by atomic mass is 10.0. The fraction of sp³-hybridized carbons (Fsp3) is 0.769. The van der Waals surface area contributed by atoms with Gasteiger partial charge < -0.3 is 15.2 Å². The van der Waals surface area contributed by atoms with Crippen LogP contribution in [0.15, 0.2) is 0 Å². The largest absolute Gasteiger partial charge is 0.379 e. The van der Waals surface area contributed by atoms with Crippen molar-refractivity contribution in [3.05, 3.63) is 15.6 Å². The Morgan fingerprint density at radius 3 is 2.68 bits per heavy atom. The van der Waals surface area contributed by atoms with Crippen LogP contribution in [0.2, 0.25) is 0 Å². The van der Waals surface area contributed by atoms with Crippen LogP contribution in [0.25, 0.3) is 0 Å². The molecule has 1 aromatic heterocycles. The van der Waals surface area contributed by atoms with Crippen molar-refractivity contribution in [3.63, 3.8) is 0 Å². The summed E-state index contributed by atoms with van der Waals surface area (Å²) in [5.74, 6) is 0. The van der Waals surface area contributed by atoms with Crippen LogP contribution in [0, 0.1) is 0 Å². The second-order valence-corrected chi connectivity index (χ2v) is 6.51. The molecule has 1 aromatic rings. The predicted octanol–water partition coefficient (Wildman–Crippen LogP) is 1.32. The Hall–Kier alpha value is -0.530. The Morgan fingerprint density at radius 1 is 1.42 bits per heavy atom. The van der Waals surface area contributed by atoms with E-state index in [1.165, 1.54) is 0 Å². The molecule has 0 bridgehead atoms. The van der Waals surface area contributed by atoms with E-state index in [1.54, 1.807) is 18.4 Å². The molecule has 2 heterocycles. The Labute approximate surface area is 118 Å². The van der Waals surface area contributed by atoms with Gasteiger partial charge in [0.2, 0.25) is 0 Å². The molecule has 0 atom stereocenters. The monoisotopic (exact) mass is 285 g/mol. The maximum Gasteiger partial charge on any atom is 0.107 e. The van der Waals surface area contributed by atoms with Gasteiger partial charge >= 0.3 is 0 Å². The molecule has 0 spiro atoms. The topological polar surface area (TPSA) is 60.6 Å². The van der Waals surface area contributed by atoms with E-state index in [4.69, 9.17) is 20.2 Å². The number of nitrogens with two attached hydrogens (primary N) is 1. The van der Waals surface area contributed by atoms with Crippen molar-refractivity contribution in [2.24, 2.45) is 5.73 Å². The van der Waals surface area contributed by atoms with E-state index in [9.17, 15) is 0 Å². The Bertz CT molecular complexity index is 409. The highest BCUT2D eigenvalue weighted by Gasteiger charge is 2.24. The SMILES string of the molecule is COCc1nc(CN2CCOCC2)sc1C(C)(C)N. The Kier molecular flexibility index (Phi) is 4.92. The second kappa shape index (κ2) is 6.28. The van der Waals surface area contributed by atoms with Crippen molar-refractivity contribution in [3.8, 4) is 0 Å². The van der Waals surface area contributed by atoms with Gasteiger partial charge in [-0.2, -0.15) is 0 Å². The molecule has 0 aliphatic carbocycles. The minimum atomic E-state index is -0.366. The van der Waals surface area contributed by atoms with Gasteiger partial charge in [-0.05, 0) is 13.8 Å². The highest BCUT2D eigenvalue weighted by atomic mass is 32.1. The zero-order valence-electron chi connectivity index (χ0n) is 11.9. The zero-order valence-corrected chi connectivity index (χ0v) is 12.8. The van der Waals surface area contributed by atoms with Gasteiger partial charge in [-0.15, -0.1) is 11.3 Å². The molecule has 0 saturated carbocycles. The first-order chi connectivity index (χ1) is 9.00. The maximum atomic E-state index is 6.22. The van der Waals surface area contributed by atoms with E-state index in [2.05, 4.69) is 4.90 Å². The van der Waals surface area contributed by atoms with Gasteiger partial charge in [0.1, 0.15) is 5.01 Å². The molecule has 6 heteroatoms. The molecular formula is C13H23N3O2S. The Balaban J connectivity index is 2.12. The molecule has 108 valence electrons. The van der Waals surface area contributed by atoms with Crippen molar-refractivity contribution in [2.75, 3.05) is 33.4 Å². The second-order valence-electron chi connectivity index (χ2n) is 5.43. The average molecular weight is 285 g/mol. The summed E-state index contributed by atoms with van der Waals surface area (Å²) in [6.07, 6.45) is 0. The molecule has 1 aliphatic rings. The van der Waals surface area contributed by atoms with Crippen molar-refractivity contribution < 1.29 is 9.47 Å². The van der Waals surface area contributed by atoms with Crippen LogP contribution in [0.3, 0.4) is 0 Å². The van der Waals surface area contributed by atoms with Crippen LogP contribution in [-0.4, -0.2) is 43.3 Å². The average Bonchev–Trinajstić information content (AvgIpc) is 2.74. The van der Waals surface area contributed by atoms with Gasteiger partial charge in [0, 0.05) is 30.6 Å². The van der Waals surface area contributed by atoms with Gasteiger partial charge in [0.25, 0.3) is 0 Å². The van der Waals surface area contributed by atoms with E-state index in [1.807, 2.05) is 13.8 Å². The van der Waals surface area contributed by atoms with Gasteiger partial charge in [-0.25, -0.2) is 4.98 Å². The first-order valence-electron chi connectivity index (χ1n) is 6.57. The number of hydrogen-bond donors (Lipinski definition) is 1. The molecule has 0 aromatic carbocycles. The smallest absolute Gasteiger partial charge is 0.107 e. The summed E-state index contributed by atoms with van der Waals surface area (Å²) in [7, 11) is 1.69. The third kappa shape index (κ3) is 3.97. The molecular weight excluding hydrogens is 262 g/mol.